The highest BCUT2D eigenvalue weighted by Crippen LogP contribution is 2.30. The number of carboxylic acids is 1. The molecule has 0 aromatic heterocycles. The normalized spacial score (nSPS) is 25.6. The number of amides is 1. The number of carbonyl (C=O) groups is 2. The van der Waals surface area contributed by atoms with E-state index >= 15 is 0 Å². The Bertz CT molecular complexity index is 263. The van der Waals surface area contributed by atoms with Crippen molar-refractivity contribution >= 4 is 11.9 Å². The molecule has 0 unspecified atom stereocenters. The minimum absolute atomic E-state index is 0.151. The summed E-state index contributed by atoms with van der Waals surface area (Å²) in [4.78, 5) is 22.6. The molecule has 0 radical (unpaired) electrons. The molecule has 15 heavy (non-hydrogen) atoms. The van der Waals surface area contributed by atoms with Gasteiger partial charge in [-0.1, -0.05) is 18.9 Å². The summed E-state index contributed by atoms with van der Waals surface area (Å²) >= 11 is 0. The van der Waals surface area contributed by atoms with E-state index < -0.39 is 11.9 Å². The van der Waals surface area contributed by atoms with Crippen molar-refractivity contribution in [3.8, 4) is 0 Å². The summed E-state index contributed by atoms with van der Waals surface area (Å²) < 4.78 is 0. The van der Waals surface area contributed by atoms with Crippen molar-refractivity contribution in [2.24, 2.45) is 11.8 Å². The Balaban J connectivity index is 2.58. The Morgan fingerprint density at radius 2 is 1.93 bits per heavy atom. The van der Waals surface area contributed by atoms with Gasteiger partial charge >= 0.3 is 5.97 Å². The molecule has 1 fully saturated rings. The van der Waals surface area contributed by atoms with Crippen LogP contribution in [0.5, 0.6) is 0 Å². The monoisotopic (exact) mass is 211 g/mol. The van der Waals surface area contributed by atoms with E-state index in [0.29, 0.717) is 19.4 Å². The lowest BCUT2D eigenvalue weighted by molar-refractivity contribution is -0.148. The predicted molar refractivity (Wildman–Crippen MR) is 56.3 cm³/mol. The van der Waals surface area contributed by atoms with Crippen molar-refractivity contribution in [2.75, 3.05) is 6.54 Å². The van der Waals surface area contributed by atoms with E-state index in [2.05, 4.69) is 11.9 Å². The van der Waals surface area contributed by atoms with Gasteiger partial charge in [-0.25, -0.2) is 0 Å². The number of carbonyl (C=O) groups excluding carboxylic acids is 1. The van der Waals surface area contributed by atoms with Crippen molar-refractivity contribution < 1.29 is 14.7 Å². The van der Waals surface area contributed by atoms with Crippen molar-refractivity contribution in [2.45, 2.75) is 25.7 Å². The van der Waals surface area contributed by atoms with Gasteiger partial charge in [-0.2, -0.15) is 0 Å². The third-order valence-electron chi connectivity index (χ3n) is 2.84. The molecule has 0 heterocycles. The smallest absolute Gasteiger partial charge is 0.307 e. The molecule has 0 aliphatic heterocycles. The molecule has 1 rings (SSSR count). The number of aliphatic carboxylic acids is 1. The molecule has 2 N–H and O–H groups in total. The number of carboxylic acid groups (broad SMARTS) is 1. The first-order valence-electron chi connectivity index (χ1n) is 5.28. The van der Waals surface area contributed by atoms with Gasteiger partial charge in [0.25, 0.3) is 0 Å². The van der Waals surface area contributed by atoms with E-state index in [1.165, 1.54) is 0 Å². The molecule has 1 amide bonds. The van der Waals surface area contributed by atoms with Gasteiger partial charge in [0.05, 0.1) is 11.8 Å². The van der Waals surface area contributed by atoms with Crippen molar-refractivity contribution in [1.82, 2.24) is 5.32 Å². The molecule has 4 heteroatoms. The molecule has 1 aliphatic rings. The van der Waals surface area contributed by atoms with Gasteiger partial charge in [-0.3, -0.25) is 9.59 Å². The molecular formula is C11H17NO3. The Morgan fingerprint density at radius 3 is 2.47 bits per heavy atom. The third kappa shape index (κ3) is 3.08. The van der Waals surface area contributed by atoms with Crippen molar-refractivity contribution in [1.29, 1.82) is 0 Å². The van der Waals surface area contributed by atoms with Crippen LogP contribution in [-0.2, 0) is 9.59 Å². The molecule has 0 aromatic carbocycles. The maximum absolute atomic E-state index is 11.6. The van der Waals surface area contributed by atoms with E-state index in [0.717, 1.165) is 12.8 Å². The zero-order chi connectivity index (χ0) is 11.3. The highest BCUT2D eigenvalue weighted by atomic mass is 16.4. The fraction of sp³-hybridized carbons (Fsp3) is 0.636. The molecular weight excluding hydrogens is 194 g/mol. The number of rotatable bonds is 4. The fourth-order valence-electron chi connectivity index (χ4n) is 2.04. The molecule has 1 saturated carbocycles. The zero-order valence-electron chi connectivity index (χ0n) is 8.74. The van der Waals surface area contributed by atoms with Gasteiger partial charge in [-0.15, -0.1) is 6.58 Å². The Morgan fingerprint density at radius 1 is 1.33 bits per heavy atom. The summed E-state index contributed by atoms with van der Waals surface area (Å²) in [6, 6.07) is 0. The summed E-state index contributed by atoms with van der Waals surface area (Å²) in [5, 5.41) is 11.6. The summed E-state index contributed by atoms with van der Waals surface area (Å²) in [6.07, 6.45) is 4.73. The largest absolute Gasteiger partial charge is 0.481 e. The van der Waals surface area contributed by atoms with Crippen LogP contribution in [0.15, 0.2) is 12.7 Å². The molecule has 4 nitrogen and oxygen atoms in total. The fourth-order valence-corrected chi connectivity index (χ4v) is 2.04. The zero-order valence-corrected chi connectivity index (χ0v) is 8.74. The highest BCUT2D eigenvalue weighted by Gasteiger charge is 2.35. The summed E-state index contributed by atoms with van der Waals surface area (Å²) in [5.74, 6) is -1.88. The van der Waals surface area contributed by atoms with Gasteiger partial charge in [0.1, 0.15) is 0 Å². The van der Waals surface area contributed by atoms with E-state index in [9.17, 15) is 9.59 Å². The summed E-state index contributed by atoms with van der Waals surface area (Å²) in [5.41, 5.74) is 0. The molecule has 0 saturated heterocycles. The van der Waals surface area contributed by atoms with Crippen LogP contribution in [0.3, 0.4) is 0 Å². The molecule has 2 atom stereocenters. The van der Waals surface area contributed by atoms with Crippen LogP contribution in [0.4, 0.5) is 0 Å². The maximum Gasteiger partial charge on any atom is 0.307 e. The van der Waals surface area contributed by atoms with Gasteiger partial charge in [0.15, 0.2) is 0 Å². The average Bonchev–Trinajstić information content (AvgIpc) is 2.25. The lowest BCUT2D eigenvalue weighted by Gasteiger charge is -2.27. The van der Waals surface area contributed by atoms with Crippen LogP contribution in [-0.4, -0.2) is 23.5 Å². The predicted octanol–water partition coefficient (Wildman–Crippen LogP) is 1.18. The maximum atomic E-state index is 11.6. The van der Waals surface area contributed by atoms with Crippen molar-refractivity contribution in [3.05, 3.63) is 12.7 Å². The molecule has 84 valence electrons. The first kappa shape index (κ1) is 11.8. The molecule has 0 spiro atoms. The van der Waals surface area contributed by atoms with Crippen LogP contribution in [0.1, 0.15) is 25.7 Å². The third-order valence-corrected chi connectivity index (χ3v) is 2.84. The van der Waals surface area contributed by atoms with E-state index in [1.807, 2.05) is 0 Å². The van der Waals surface area contributed by atoms with Crippen LogP contribution < -0.4 is 5.32 Å². The van der Waals surface area contributed by atoms with E-state index in [1.54, 1.807) is 6.08 Å². The van der Waals surface area contributed by atoms with Crippen LogP contribution in [0, 0.1) is 11.8 Å². The van der Waals surface area contributed by atoms with E-state index in [4.69, 9.17) is 5.11 Å². The van der Waals surface area contributed by atoms with Gasteiger partial charge < -0.3 is 10.4 Å². The van der Waals surface area contributed by atoms with Crippen LogP contribution in [0.2, 0.25) is 0 Å². The first-order chi connectivity index (χ1) is 7.16. The van der Waals surface area contributed by atoms with E-state index in [-0.39, 0.29) is 11.8 Å². The molecule has 0 bridgehead atoms. The van der Waals surface area contributed by atoms with Crippen LogP contribution >= 0.6 is 0 Å². The van der Waals surface area contributed by atoms with Gasteiger partial charge in [0.2, 0.25) is 5.91 Å². The first-order valence-corrected chi connectivity index (χ1v) is 5.28. The average molecular weight is 211 g/mol. The SMILES string of the molecule is C=CCNC(=O)[C@@H]1CCCC[C@@H]1C(=O)O. The standard InChI is InChI=1S/C11H17NO3/c1-2-7-12-10(13)8-5-3-4-6-9(8)11(14)15/h2,8-9H,1,3-7H2,(H,12,13)(H,14,15)/t8-,9+/m1/s1. The number of nitrogens with one attached hydrogen (secondary N) is 1. The second-order valence-corrected chi connectivity index (χ2v) is 3.87. The van der Waals surface area contributed by atoms with Gasteiger partial charge in [-0.05, 0) is 12.8 Å². The molecule has 1 aliphatic carbocycles. The Labute approximate surface area is 89.4 Å². The minimum atomic E-state index is -0.853. The second kappa shape index (κ2) is 5.53. The quantitative estimate of drug-likeness (QED) is 0.686. The number of hydrogen-bond donors (Lipinski definition) is 2. The second-order valence-electron chi connectivity index (χ2n) is 3.87. The Hall–Kier alpha value is -1.32. The Kier molecular flexibility index (Phi) is 4.34. The summed E-state index contributed by atoms with van der Waals surface area (Å²) in [7, 11) is 0. The van der Waals surface area contributed by atoms with Crippen LogP contribution in [0.25, 0.3) is 0 Å². The minimum Gasteiger partial charge on any atom is -0.481 e. The topological polar surface area (TPSA) is 66.4 Å². The lowest BCUT2D eigenvalue weighted by Crippen LogP contribution is -2.39. The van der Waals surface area contributed by atoms with Gasteiger partial charge in [0, 0.05) is 6.54 Å². The lowest BCUT2D eigenvalue weighted by atomic mass is 9.79. The highest BCUT2D eigenvalue weighted by molar-refractivity contribution is 5.84. The van der Waals surface area contributed by atoms with Crippen molar-refractivity contribution in [3.63, 3.8) is 0 Å². The number of hydrogen-bond acceptors (Lipinski definition) is 2. The molecule has 0 aromatic rings. The summed E-state index contributed by atoms with van der Waals surface area (Å²) in [6.45, 7) is 3.91.